The van der Waals surface area contributed by atoms with E-state index >= 15 is 0 Å². The maximum atomic E-state index is 13.2. The average Bonchev–Trinajstić information content (AvgIpc) is 3.32. The van der Waals surface area contributed by atoms with Gasteiger partial charge in [0.05, 0.1) is 0 Å². The second kappa shape index (κ2) is 7.09. The Bertz CT molecular complexity index is 1190. The van der Waals surface area contributed by atoms with Gasteiger partial charge in [0.25, 0.3) is 5.91 Å². The van der Waals surface area contributed by atoms with E-state index in [2.05, 4.69) is 10.2 Å². The van der Waals surface area contributed by atoms with Crippen molar-refractivity contribution in [1.82, 2.24) is 24.6 Å². The fraction of sp³-hybridized carbons (Fsp3) is 0.273. The lowest BCUT2D eigenvalue weighted by molar-refractivity contribution is -0.133. The SMILES string of the molecule is Cc1ccc(-c2nnc3n2C2C(C(=O)N(C)C(=O)N2C)N3Cc2ccccc2Cl)cc1. The van der Waals surface area contributed by atoms with Gasteiger partial charge in [-0.15, -0.1) is 10.2 Å². The molecule has 158 valence electrons. The molecular formula is C22H21ClN6O2. The number of nitrogens with zero attached hydrogens (tertiary/aromatic N) is 6. The van der Waals surface area contributed by atoms with Crippen LogP contribution >= 0.6 is 11.6 Å². The Hall–Kier alpha value is -3.39. The van der Waals surface area contributed by atoms with Crippen LogP contribution < -0.4 is 4.90 Å². The number of carbonyl (C=O) groups is 2. The van der Waals surface area contributed by atoms with Crippen molar-refractivity contribution < 1.29 is 9.59 Å². The number of urea groups is 1. The van der Waals surface area contributed by atoms with Crippen LogP contribution in [0.2, 0.25) is 5.02 Å². The van der Waals surface area contributed by atoms with E-state index in [1.54, 1.807) is 11.9 Å². The molecule has 3 amide bonds. The number of halogens is 1. The molecule has 9 heteroatoms. The summed E-state index contributed by atoms with van der Waals surface area (Å²) in [6, 6.07) is 14.5. The summed E-state index contributed by atoms with van der Waals surface area (Å²) in [5.74, 6) is 0.873. The molecule has 0 radical (unpaired) electrons. The smallest absolute Gasteiger partial charge is 0.320 e. The Morgan fingerprint density at radius 2 is 1.71 bits per heavy atom. The molecule has 31 heavy (non-hydrogen) atoms. The van der Waals surface area contributed by atoms with Gasteiger partial charge in [0.2, 0.25) is 5.95 Å². The third-order valence-corrected chi connectivity index (χ3v) is 6.36. The van der Waals surface area contributed by atoms with Crippen molar-refractivity contribution in [3.05, 3.63) is 64.7 Å². The first-order valence-corrected chi connectivity index (χ1v) is 10.3. The minimum Gasteiger partial charge on any atom is -0.320 e. The normalized spacial score (nSPS) is 20.3. The number of aryl methyl sites for hydroxylation is 1. The topological polar surface area (TPSA) is 74.6 Å². The van der Waals surface area contributed by atoms with Crippen molar-refractivity contribution in [1.29, 1.82) is 0 Å². The van der Waals surface area contributed by atoms with Crippen LogP contribution in [0.1, 0.15) is 17.3 Å². The van der Waals surface area contributed by atoms with Gasteiger partial charge in [-0.2, -0.15) is 0 Å². The van der Waals surface area contributed by atoms with Gasteiger partial charge in [0, 0.05) is 31.2 Å². The molecule has 0 bridgehead atoms. The van der Waals surface area contributed by atoms with E-state index in [4.69, 9.17) is 11.6 Å². The molecule has 2 unspecified atom stereocenters. The van der Waals surface area contributed by atoms with E-state index in [0.717, 1.165) is 21.6 Å². The fourth-order valence-electron chi connectivity index (χ4n) is 4.32. The number of anilines is 1. The molecule has 3 heterocycles. The standard InChI is InChI=1S/C22H21ClN6O2/c1-13-8-10-14(11-9-13)18-24-25-21-28(12-15-6-4-5-7-16(15)23)17-19(29(18)21)26(2)22(31)27(3)20(17)30/h4-11,17,19H,12H2,1-3H3. The summed E-state index contributed by atoms with van der Waals surface area (Å²) in [4.78, 5) is 30.6. The van der Waals surface area contributed by atoms with Crippen LogP contribution in [0.3, 0.4) is 0 Å². The lowest BCUT2D eigenvalue weighted by Gasteiger charge is -2.40. The van der Waals surface area contributed by atoms with Gasteiger partial charge >= 0.3 is 6.03 Å². The zero-order chi connectivity index (χ0) is 21.9. The number of likely N-dealkylation sites (N-methyl/N-ethyl adjacent to an activating group) is 2. The van der Waals surface area contributed by atoms with Gasteiger partial charge < -0.3 is 9.80 Å². The molecule has 0 saturated carbocycles. The van der Waals surface area contributed by atoms with E-state index in [0.29, 0.717) is 23.3 Å². The highest BCUT2D eigenvalue weighted by Crippen LogP contribution is 2.43. The van der Waals surface area contributed by atoms with Gasteiger partial charge in [-0.05, 0) is 18.6 Å². The molecule has 0 N–H and O–H groups in total. The van der Waals surface area contributed by atoms with Crippen molar-refractivity contribution in [2.75, 3.05) is 19.0 Å². The molecule has 5 rings (SSSR count). The second-order valence-corrected chi connectivity index (χ2v) is 8.34. The van der Waals surface area contributed by atoms with E-state index in [9.17, 15) is 9.59 Å². The Morgan fingerprint density at radius 3 is 2.42 bits per heavy atom. The first kappa shape index (κ1) is 19.6. The largest absolute Gasteiger partial charge is 0.327 e. The Kier molecular flexibility index (Phi) is 4.48. The molecule has 0 aliphatic carbocycles. The number of benzene rings is 2. The van der Waals surface area contributed by atoms with Crippen LogP contribution in [0.5, 0.6) is 0 Å². The summed E-state index contributed by atoms with van der Waals surface area (Å²) in [6.07, 6.45) is -0.556. The summed E-state index contributed by atoms with van der Waals surface area (Å²) in [5.41, 5.74) is 2.87. The molecule has 0 spiro atoms. The second-order valence-electron chi connectivity index (χ2n) is 7.93. The van der Waals surface area contributed by atoms with Gasteiger partial charge in [-0.25, -0.2) is 4.79 Å². The van der Waals surface area contributed by atoms with Crippen molar-refractivity contribution >= 4 is 29.5 Å². The molecule has 8 nitrogen and oxygen atoms in total. The predicted molar refractivity (Wildman–Crippen MR) is 117 cm³/mol. The maximum Gasteiger partial charge on any atom is 0.327 e. The number of amides is 3. The first-order valence-electron chi connectivity index (χ1n) is 9.95. The zero-order valence-corrected chi connectivity index (χ0v) is 18.1. The Balaban J connectivity index is 1.67. The summed E-state index contributed by atoms with van der Waals surface area (Å²) in [6.45, 7) is 2.38. The lowest BCUT2D eigenvalue weighted by Crippen LogP contribution is -2.61. The van der Waals surface area contributed by atoms with Gasteiger partial charge in [0.15, 0.2) is 11.9 Å². The molecule has 2 aliphatic rings. The molecule has 1 fully saturated rings. The van der Waals surface area contributed by atoms with Crippen molar-refractivity contribution in [3.63, 3.8) is 0 Å². The summed E-state index contributed by atoms with van der Waals surface area (Å²) < 4.78 is 1.88. The number of carbonyl (C=O) groups excluding carboxylic acids is 2. The zero-order valence-electron chi connectivity index (χ0n) is 17.4. The summed E-state index contributed by atoms with van der Waals surface area (Å²) >= 11 is 6.41. The van der Waals surface area contributed by atoms with E-state index in [1.807, 2.05) is 64.9 Å². The number of imide groups is 1. The first-order chi connectivity index (χ1) is 14.9. The highest BCUT2D eigenvalue weighted by atomic mass is 35.5. The van der Waals surface area contributed by atoms with Crippen molar-refractivity contribution in [2.24, 2.45) is 0 Å². The molecule has 1 saturated heterocycles. The Labute approximate surface area is 184 Å². The maximum absolute atomic E-state index is 13.2. The van der Waals surface area contributed by atoms with Gasteiger partial charge in [-0.1, -0.05) is 59.6 Å². The third kappa shape index (κ3) is 2.90. The molecule has 2 atom stereocenters. The molecule has 3 aromatic rings. The number of aromatic nitrogens is 3. The molecular weight excluding hydrogens is 416 g/mol. The molecule has 2 aliphatic heterocycles. The quantitative estimate of drug-likeness (QED) is 0.629. The van der Waals surface area contributed by atoms with Crippen LogP contribution in [-0.4, -0.2) is 56.6 Å². The van der Waals surface area contributed by atoms with Crippen LogP contribution in [-0.2, 0) is 11.3 Å². The van der Waals surface area contributed by atoms with Crippen LogP contribution in [0, 0.1) is 6.92 Å². The number of rotatable bonds is 3. The fourth-order valence-corrected chi connectivity index (χ4v) is 4.51. The van der Waals surface area contributed by atoms with Crippen molar-refractivity contribution in [3.8, 4) is 11.4 Å². The monoisotopic (exact) mass is 436 g/mol. The average molecular weight is 437 g/mol. The summed E-state index contributed by atoms with van der Waals surface area (Å²) in [7, 11) is 3.20. The number of hydrogen-bond donors (Lipinski definition) is 0. The van der Waals surface area contributed by atoms with E-state index in [-0.39, 0.29) is 11.9 Å². The van der Waals surface area contributed by atoms with Gasteiger partial charge in [0.1, 0.15) is 6.17 Å². The van der Waals surface area contributed by atoms with Crippen LogP contribution in [0.4, 0.5) is 10.7 Å². The Morgan fingerprint density at radius 1 is 1.00 bits per heavy atom. The summed E-state index contributed by atoms with van der Waals surface area (Å²) in [5, 5.41) is 9.46. The van der Waals surface area contributed by atoms with Crippen molar-refractivity contribution in [2.45, 2.75) is 25.7 Å². The molecule has 2 aromatic carbocycles. The number of hydrogen-bond acceptors (Lipinski definition) is 5. The van der Waals surface area contributed by atoms with E-state index < -0.39 is 12.2 Å². The lowest BCUT2D eigenvalue weighted by atomic mass is 10.1. The van der Waals surface area contributed by atoms with Crippen LogP contribution in [0.25, 0.3) is 11.4 Å². The highest BCUT2D eigenvalue weighted by Gasteiger charge is 2.54. The minimum absolute atomic E-state index is 0.277. The highest BCUT2D eigenvalue weighted by molar-refractivity contribution is 6.31. The van der Waals surface area contributed by atoms with Crippen LogP contribution in [0.15, 0.2) is 48.5 Å². The minimum atomic E-state index is -0.626. The third-order valence-electron chi connectivity index (χ3n) is 5.99. The number of fused-ring (bicyclic) bond motifs is 3. The van der Waals surface area contributed by atoms with E-state index in [1.165, 1.54) is 7.05 Å². The van der Waals surface area contributed by atoms with Gasteiger partial charge in [-0.3, -0.25) is 14.3 Å². The predicted octanol–water partition coefficient (Wildman–Crippen LogP) is 3.32. The molecule has 1 aromatic heterocycles.